The lowest BCUT2D eigenvalue weighted by atomic mass is 9.87. The Labute approximate surface area is 199 Å². The van der Waals surface area contributed by atoms with Gasteiger partial charge in [-0.25, -0.2) is 31.3 Å². The standard InChI is InChI=1S/C22H30N6O4S2/c23-33(29,30)14-16-2-1-9-28(13-16)34(31,32)15-27-10-5-17(6-11-27)18-3-7-24-20-12-26-22-19(21(18)20)4-8-25-22/h3-4,7-8,12,16-17H,1-2,5-6,9-11,13-15H2,(H,25,26)(H2,23,29,30). The van der Waals surface area contributed by atoms with Crippen LogP contribution in [-0.2, 0) is 20.0 Å². The van der Waals surface area contributed by atoms with Crippen molar-refractivity contribution in [2.24, 2.45) is 11.1 Å². The van der Waals surface area contributed by atoms with Crippen LogP contribution in [0.15, 0.2) is 30.7 Å². The van der Waals surface area contributed by atoms with Crippen LogP contribution in [0.4, 0.5) is 0 Å². The number of nitrogens with two attached hydrogens (primary N) is 1. The number of primary sulfonamides is 1. The minimum Gasteiger partial charge on any atom is -0.346 e. The van der Waals surface area contributed by atoms with Gasteiger partial charge in [-0.15, -0.1) is 0 Å². The normalized spacial score (nSPS) is 22.0. The van der Waals surface area contributed by atoms with Gasteiger partial charge in [-0.05, 0) is 68.3 Å². The molecule has 2 fully saturated rings. The quantitative estimate of drug-likeness (QED) is 0.517. The summed E-state index contributed by atoms with van der Waals surface area (Å²) in [7, 11) is -7.13. The molecule has 0 saturated carbocycles. The van der Waals surface area contributed by atoms with Crippen molar-refractivity contribution in [1.29, 1.82) is 0 Å². The van der Waals surface area contributed by atoms with Gasteiger partial charge >= 0.3 is 0 Å². The molecule has 3 N–H and O–H groups in total. The number of piperidine rings is 2. The fourth-order valence-corrected chi connectivity index (χ4v) is 8.11. The summed E-state index contributed by atoms with van der Waals surface area (Å²) in [6.07, 6.45) is 8.55. The molecule has 5 rings (SSSR count). The first kappa shape index (κ1) is 23.6. The summed E-state index contributed by atoms with van der Waals surface area (Å²) in [4.78, 5) is 14.1. The fraction of sp³-hybridized carbons (Fsp3) is 0.545. The lowest BCUT2D eigenvalue weighted by Gasteiger charge is -2.36. The molecule has 0 amide bonds. The Morgan fingerprint density at radius 2 is 1.85 bits per heavy atom. The number of pyridine rings is 2. The number of aromatic amines is 1. The molecular weight excluding hydrogens is 476 g/mol. The van der Waals surface area contributed by atoms with Crippen LogP contribution in [0, 0.1) is 5.92 Å². The van der Waals surface area contributed by atoms with Gasteiger partial charge in [-0.2, -0.15) is 0 Å². The summed E-state index contributed by atoms with van der Waals surface area (Å²) < 4.78 is 50.5. The molecule has 12 heteroatoms. The smallest absolute Gasteiger partial charge is 0.227 e. The predicted molar refractivity (Wildman–Crippen MR) is 131 cm³/mol. The van der Waals surface area contributed by atoms with Gasteiger partial charge in [0.1, 0.15) is 11.5 Å². The van der Waals surface area contributed by atoms with Crippen LogP contribution in [0.3, 0.4) is 0 Å². The maximum Gasteiger partial charge on any atom is 0.227 e. The van der Waals surface area contributed by atoms with Crippen molar-refractivity contribution < 1.29 is 16.8 Å². The Hall–Kier alpha value is -2.12. The number of rotatable bonds is 6. The molecule has 1 unspecified atom stereocenters. The van der Waals surface area contributed by atoms with Gasteiger partial charge in [0.25, 0.3) is 0 Å². The maximum absolute atomic E-state index is 13.1. The van der Waals surface area contributed by atoms with E-state index >= 15 is 0 Å². The Balaban J connectivity index is 1.26. The second-order valence-electron chi connectivity index (χ2n) is 9.49. The molecule has 0 aromatic carbocycles. The monoisotopic (exact) mass is 506 g/mol. The minimum absolute atomic E-state index is 0.0368. The highest BCUT2D eigenvalue weighted by Gasteiger charge is 2.33. The number of fused-ring (bicyclic) bond motifs is 3. The van der Waals surface area contributed by atoms with Crippen molar-refractivity contribution in [3.05, 3.63) is 36.3 Å². The van der Waals surface area contributed by atoms with Crippen LogP contribution in [0.1, 0.15) is 37.2 Å². The van der Waals surface area contributed by atoms with E-state index in [0.29, 0.717) is 38.4 Å². The molecular formula is C22H30N6O4S2. The summed E-state index contributed by atoms with van der Waals surface area (Å²) in [5.41, 5.74) is 2.95. The van der Waals surface area contributed by atoms with Crippen molar-refractivity contribution >= 4 is 42.0 Å². The molecule has 0 radical (unpaired) electrons. The molecule has 2 saturated heterocycles. The van der Waals surface area contributed by atoms with Crippen molar-refractivity contribution in [2.45, 2.75) is 31.6 Å². The van der Waals surface area contributed by atoms with Gasteiger partial charge in [0.05, 0.1) is 17.5 Å². The Morgan fingerprint density at radius 1 is 1.06 bits per heavy atom. The van der Waals surface area contributed by atoms with Crippen molar-refractivity contribution in [1.82, 2.24) is 24.2 Å². The van der Waals surface area contributed by atoms with Crippen molar-refractivity contribution in [3.8, 4) is 0 Å². The van der Waals surface area contributed by atoms with Crippen LogP contribution in [0.2, 0.25) is 0 Å². The average molecular weight is 507 g/mol. The molecule has 0 spiro atoms. The second kappa shape index (κ2) is 9.15. The lowest BCUT2D eigenvalue weighted by Crippen LogP contribution is -2.47. The molecule has 2 aliphatic rings. The summed E-state index contributed by atoms with van der Waals surface area (Å²) in [6.45, 7) is 2.02. The van der Waals surface area contributed by atoms with Gasteiger partial charge in [-0.3, -0.25) is 9.88 Å². The Morgan fingerprint density at radius 3 is 2.62 bits per heavy atom. The highest BCUT2D eigenvalue weighted by atomic mass is 32.2. The van der Waals surface area contributed by atoms with E-state index in [2.05, 4.69) is 21.0 Å². The van der Waals surface area contributed by atoms with E-state index in [1.54, 1.807) is 6.20 Å². The van der Waals surface area contributed by atoms with Crippen molar-refractivity contribution in [3.63, 3.8) is 0 Å². The van der Waals surface area contributed by atoms with Crippen LogP contribution < -0.4 is 5.14 Å². The summed E-state index contributed by atoms with van der Waals surface area (Å²) >= 11 is 0. The van der Waals surface area contributed by atoms with E-state index in [9.17, 15) is 16.8 Å². The number of nitrogens with one attached hydrogen (secondary N) is 1. The van der Waals surface area contributed by atoms with E-state index in [1.165, 1.54) is 9.87 Å². The van der Waals surface area contributed by atoms with Gasteiger partial charge in [0.15, 0.2) is 0 Å². The zero-order valence-corrected chi connectivity index (χ0v) is 20.6. The Bertz CT molecular complexity index is 1400. The third kappa shape index (κ3) is 4.96. The molecule has 3 aromatic rings. The third-order valence-electron chi connectivity index (χ3n) is 7.04. The second-order valence-corrected chi connectivity index (χ2v) is 13.1. The molecule has 2 aliphatic heterocycles. The van der Waals surface area contributed by atoms with Crippen LogP contribution in [0.5, 0.6) is 0 Å². The maximum atomic E-state index is 13.1. The number of sulfonamides is 2. The Kier molecular flexibility index (Phi) is 6.36. The number of nitrogens with zero attached hydrogens (tertiary/aromatic N) is 4. The molecule has 184 valence electrons. The summed E-state index contributed by atoms with van der Waals surface area (Å²) in [5.74, 6) is -0.137. The van der Waals surface area contributed by atoms with E-state index in [1.807, 2.05) is 23.4 Å². The number of H-pyrrole nitrogens is 1. The largest absolute Gasteiger partial charge is 0.346 e. The van der Waals surface area contributed by atoms with Crippen molar-refractivity contribution in [2.75, 3.05) is 37.8 Å². The van der Waals surface area contributed by atoms with Crippen LogP contribution >= 0.6 is 0 Å². The van der Waals surface area contributed by atoms with Gasteiger partial charge in [-0.1, -0.05) is 0 Å². The summed E-state index contributed by atoms with van der Waals surface area (Å²) in [5, 5.41) is 7.36. The summed E-state index contributed by atoms with van der Waals surface area (Å²) in [6, 6.07) is 4.10. The number of likely N-dealkylation sites (tertiary alicyclic amines) is 1. The van der Waals surface area contributed by atoms with E-state index in [0.717, 1.165) is 34.8 Å². The number of hydrogen-bond acceptors (Lipinski definition) is 7. The molecule has 0 bridgehead atoms. The third-order valence-corrected chi connectivity index (χ3v) is 9.79. The minimum atomic E-state index is -3.62. The fourth-order valence-electron chi connectivity index (χ4n) is 5.45. The highest BCUT2D eigenvalue weighted by Crippen LogP contribution is 2.35. The van der Waals surface area contributed by atoms with Gasteiger partial charge in [0.2, 0.25) is 20.0 Å². The van der Waals surface area contributed by atoms with Crippen LogP contribution in [-0.4, -0.2) is 78.8 Å². The molecule has 10 nitrogen and oxygen atoms in total. The van der Waals surface area contributed by atoms with Gasteiger partial charge < -0.3 is 4.98 Å². The van der Waals surface area contributed by atoms with Gasteiger partial charge in [0, 0.05) is 36.3 Å². The molecule has 5 heterocycles. The zero-order valence-electron chi connectivity index (χ0n) is 18.9. The number of hydrogen-bond donors (Lipinski definition) is 2. The average Bonchev–Trinajstić information content (AvgIpc) is 3.27. The molecule has 3 aromatic heterocycles. The van der Waals surface area contributed by atoms with E-state index in [4.69, 9.17) is 5.14 Å². The number of aromatic nitrogens is 3. The first-order valence-corrected chi connectivity index (χ1v) is 14.9. The van der Waals surface area contributed by atoms with E-state index in [-0.39, 0.29) is 24.1 Å². The zero-order chi connectivity index (χ0) is 23.9. The lowest BCUT2D eigenvalue weighted by molar-refractivity contribution is 0.229. The molecule has 1 atom stereocenters. The highest BCUT2D eigenvalue weighted by molar-refractivity contribution is 7.89. The first-order chi connectivity index (χ1) is 16.2. The molecule has 0 aliphatic carbocycles. The molecule has 34 heavy (non-hydrogen) atoms. The van der Waals surface area contributed by atoms with Crippen LogP contribution in [0.25, 0.3) is 21.9 Å². The SMILES string of the molecule is NS(=O)(=O)CC1CCCN(S(=O)(=O)CN2CCC(c3ccnc4cnc5[nH]ccc5c34)CC2)C1. The predicted octanol–water partition coefficient (Wildman–Crippen LogP) is 1.58. The van der Waals surface area contributed by atoms with E-state index < -0.39 is 20.0 Å². The first-order valence-electron chi connectivity index (χ1n) is 11.6. The topological polar surface area (TPSA) is 142 Å².